The van der Waals surface area contributed by atoms with Crippen LogP contribution < -0.4 is 10.6 Å². The monoisotopic (exact) mass is 365 g/mol. The Morgan fingerprint density at radius 3 is 2.83 bits per heavy atom. The lowest BCUT2D eigenvalue weighted by molar-refractivity contribution is -0.116. The fraction of sp³-hybridized carbons (Fsp3) is 0.611. The molecule has 2 N–H and O–H groups in total. The van der Waals surface area contributed by atoms with Gasteiger partial charge in [-0.1, -0.05) is 12.1 Å². The number of carbonyl (C=O) groups excluding carboxylic acids is 1. The number of nitrogens with zero attached hydrogens (tertiary/aromatic N) is 1. The van der Waals surface area contributed by atoms with Crippen LogP contribution in [0.3, 0.4) is 0 Å². The van der Waals surface area contributed by atoms with E-state index in [1.165, 1.54) is 30.2 Å². The lowest BCUT2D eigenvalue weighted by Gasteiger charge is -2.26. The average molecular weight is 366 g/mol. The molecule has 0 bridgehead atoms. The SMILES string of the molecule is Cc1cc(CN2CCSCC2)ccc1NC(=O)CC1CSCCN1. The first kappa shape index (κ1) is 18.1. The summed E-state index contributed by atoms with van der Waals surface area (Å²) in [5.74, 6) is 4.76. The summed E-state index contributed by atoms with van der Waals surface area (Å²) in [6, 6.07) is 6.73. The molecule has 2 fully saturated rings. The predicted molar refractivity (Wildman–Crippen MR) is 106 cm³/mol. The molecular formula is C18H27N3OS2. The second-order valence-electron chi connectivity index (χ2n) is 6.52. The van der Waals surface area contributed by atoms with E-state index >= 15 is 0 Å². The molecule has 0 aliphatic carbocycles. The van der Waals surface area contributed by atoms with E-state index in [2.05, 4.69) is 40.7 Å². The van der Waals surface area contributed by atoms with Gasteiger partial charge in [-0.25, -0.2) is 0 Å². The first-order chi connectivity index (χ1) is 11.7. The highest BCUT2D eigenvalue weighted by Gasteiger charge is 2.17. The Hall–Kier alpha value is -0.690. The van der Waals surface area contributed by atoms with E-state index in [0.29, 0.717) is 12.5 Å². The number of benzene rings is 1. The van der Waals surface area contributed by atoms with E-state index < -0.39 is 0 Å². The number of hydrogen-bond acceptors (Lipinski definition) is 5. The Bertz CT molecular complexity index is 555. The molecule has 0 spiro atoms. The molecule has 2 aliphatic heterocycles. The van der Waals surface area contributed by atoms with E-state index in [-0.39, 0.29) is 5.91 Å². The van der Waals surface area contributed by atoms with Crippen molar-refractivity contribution >= 4 is 35.1 Å². The molecule has 0 radical (unpaired) electrons. The van der Waals surface area contributed by atoms with Crippen LogP contribution in [-0.4, -0.2) is 59.5 Å². The summed E-state index contributed by atoms with van der Waals surface area (Å²) in [5, 5.41) is 6.50. The van der Waals surface area contributed by atoms with Crippen LogP contribution in [0.5, 0.6) is 0 Å². The molecule has 1 aromatic carbocycles. The van der Waals surface area contributed by atoms with Gasteiger partial charge in [-0.15, -0.1) is 0 Å². The van der Waals surface area contributed by atoms with Crippen molar-refractivity contribution in [3.05, 3.63) is 29.3 Å². The Labute approximate surface area is 153 Å². The van der Waals surface area contributed by atoms with Crippen molar-refractivity contribution in [2.45, 2.75) is 25.9 Å². The van der Waals surface area contributed by atoms with E-state index in [1.807, 2.05) is 23.5 Å². The minimum Gasteiger partial charge on any atom is -0.326 e. The molecule has 6 heteroatoms. The molecule has 1 unspecified atom stereocenters. The van der Waals surface area contributed by atoms with E-state index in [1.54, 1.807) is 0 Å². The highest BCUT2D eigenvalue weighted by molar-refractivity contribution is 7.99. The fourth-order valence-electron chi connectivity index (χ4n) is 3.16. The molecule has 2 aliphatic rings. The molecule has 2 saturated heterocycles. The maximum absolute atomic E-state index is 12.3. The standard InChI is InChI=1S/C18H27N3OS2/c1-14-10-15(12-21-5-8-23-9-6-21)2-3-17(14)20-18(22)11-16-13-24-7-4-19-16/h2-3,10,16,19H,4-9,11-13H2,1H3,(H,20,22). The highest BCUT2D eigenvalue weighted by atomic mass is 32.2. The van der Waals surface area contributed by atoms with Gasteiger partial charge >= 0.3 is 0 Å². The molecule has 132 valence electrons. The first-order valence-corrected chi connectivity index (χ1v) is 11.0. The summed E-state index contributed by atoms with van der Waals surface area (Å²) in [6.07, 6.45) is 0.555. The van der Waals surface area contributed by atoms with Gasteiger partial charge in [-0.2, -0.15) is 23.5 Å². The average Bonchev–Trinajstić information content (AvgIpc) is 2.59. The molecule has 24 heavy (non-hydrogen) atoms. The fourth-order valence-corrected chi connectivity index (χ4v) is 5.09. The third-order valence-electron chi connectivity index (χ3n) is 4.51. The number of hydrogen-bond donors (Lipinski definition) is 2. The number of carbonyl (C=O) groups is 1. The van der Waals surface area contributed by atoms with Crippen molar-refractivity contribution in [2.24, 2.45) is 0 Å². The van der Waals surface area contributed by atoms with Crippen molar-refractivity contribution in [3.8, 4) is 0 Å². The number of anilines is 1. The smallest absolute Gasteiger partial charge is 0.225 e. The zero-order valence-electron chi connectivity index (χ0n) is 14.3. The summed E-state index contributed by atoms with van der Waals surface area (Å²) < 4.78 is 0. The van der Waals surface area contributed by atoms with Crippen molar-refractivity contribution in [3.63, 3.8) is 0 Å². The second-order valence-corrected chi connectivity index (χ2v) is 8.89. The maximum atomic E-state index is 12.3. The van der Waals surface area contributed by atoms with Crippen molar-refractivity contribution in [2.75, 3.05) is 48.0 Å². The summed E-state index contributed by atoms with van der Waals surface area (Å²) in [6.45, 7) is 6.45. The Morgan fingerprint density at radius 2 is 2.12 bits per heavy atom. The van der Waals surface area contributed by atoms with Gasteiger partial charge in [0.25, 0.3) is 0 Å². The van der Waals surface area contributed by atoms with Crippen LogP contribution in [-0.2, 0) is 11.3 Å². The van der Waals surface area contributed by atoms with Crippen LogP contribution >= 0.6 is 23.5 Å². The van der Waals surface area contributed by atoms with Crippen LogP contribution in [0.2, 0.25) is 0 Å². The summed E-state index contributed by atoms with van der Waals surface area (Å²) >= 11 is 3.96. The van der Waals surface area contributed by atoms with Crippen LogP contribution in [0.15, 0.2) is 18.2 Å². The van der Waals surface area contributed by atoms with Gasteiger partial charge in [0.15, 0.2) is 0 Å². The largest absolute Gasteiger partial charge is 0.326 e. The molecule has 1 aromatic rings. The minimum atomic E-state index is 0.110. The Balaban J connectivity index is 1.52. The molecule has 2 heterocycles. The van der Waals surface area contributed by atoms with Crippen molar-refractivity contribution in [1.82, 2.24) is 10.2 Å². The molecule has 0 aromatic heterocycles. The molecule has 4 nitrogen and oxygen atoms in total. The van der Waals surface area contributed by atoms with Gasteiger partial charge in [0.2, 0.25) is 5.91 Å². The van der Waals surface area contributed by atoms with Gasteiger partial charge in [-0.05, 0) is 24.1 Å². The van der Waals surface area contributed by atoms with Gasteiger partial charge in [0.05, 0.1) is 0 Å². The Morgan fingerprint density at radius 1 is 1.29 bits per heavy atom. The third kappa shape index (κ3) is 5.41. The maximum Gasteiger partial charge on any atom is 0.225 e. The van der Waals surface area contributed by atoms with E-state index in [4.69, 9.17) is 0 Å². The number of amides is 1. The van der Waals surface area contributed by atoms with Crippen LogP contribution in [0.1, 0.15) is 17.5 Å². The second kappa shape index (κ2) is 9.13. The normalized spacial score (nSPS) is 22.3. The Kier molecular flexibility index (Phi) is 6.89. The first-order valence-electron chi connectivity index (χ1n) is 8.71. The molecular weight excluding hydrogens is 338 g/mol. The quantitative estimate of drug-likeness (QED) is 0.840. The third-order valence-corrected chi connectivity index (χ3v) is 6.58. The van der Waals surface area contributed by atoms with Gasteiger partial charge in [0, 0.05) is 67.3 Å². The number of rotatable bonds is 5. The van der Waals surface area contributed by atoms with Crippen LogP contribution in [0, 0.1) is 6.92 Å². The summed E-state index contributed by atoms with van der Waals surface area (Å²) in [4.78, 5) is 14.8. The lowest BCUT2D eigenvalue weighted by Crippen LogP contribution is -2.39. The zero-order valence-corrected chi connectivity index (χ0v) is 16.0. The summed E-state index contributed by atoms with van der Waals surface area (Å²) in [7, 11) is 0. The van der Waals surface area contributed by atoms with Crippen molar-refractivity contribution in [1.29, 1.82) is 0 Å². The molecule has 1 atom stereocenters. The molecule has 0 saturated carbocycles. The zero-order chi connectivity index (χ0) is 16.8. The van der Waals surface area contributed by atoms with Crippen LogP contribution in [0.25, 0.3) is 0 Å². The minimum absolute atomic E-state index is 0.110. The van der Waals surface area contributed by atoms with Gasteiger partial charge < -0.3 is 10.6 Å². The lowest BCUT2D eigenvalue weighted by atomic mass is 10.1. The highest BCUT2D eigenvalue weighted by Crippen LogP contribution is 2.20. The van der Waals surface area contributed by atoms with Crippen molar-refractivity contribution < 1.29 is 4.79 Å². The number of nitrogens with one attached hydrogen (secondary N) is 2. The molecule has 1 amide bonds. The van der Waals surface area contributed by atoms with Gasteiger partial charge in [0.1, 0.15) is 0 Å². The number of thioether (sulfide) groups is 2. The van der Waals surface area contributed by atoms with E-state index in [9.17, 15) is 4.79 Å². The van der Waals surface area contributed by atoms with Crippen LogP contribution in [0.4, 0.5) is 5.69 Å². The summed E-state index contributed by atoms with van der Waals surface area (Å²) in [5.41, 5.74) is 3.43. The predicted octanol–water partition coefficient (Wildman–Crippen LogP) is 2.58. The van der Waals surface area contributed by atoms with Gasteiger partial charge in [-0.3, -0.25) is 9.69 Å². The number of aryl methyl sites for hydroxylation is 1. The van der Waals surface area contributed by atoms with E-state index in [0.717, 1.165) is 35.8 Å². The molecule has 3 rings (SSSR count). The topological polar surface area (TPSA) is 44.4 Å².